The van der Waals surface area contributed by atoms with Crippen molar-refractivity contribution in [2.75, 3.05) is 40.2 Å². The Morgan fingerprint density at radius 2 is 2.09 bits per heavy atom. The van der Waals surface area contributed by atoms with Crippen LogP contribution in [0.15, 0.2) is 42.6 Å². The molecule has 2 aliphatic rings. The number of nitrogens with zero attached hydrogens (tertiary/aromatic N) is 2. The lowest BCUT2D eigenvalue weighted by Gasteiger charge is -2.41. The highest BCUT2D eigenvalue weighted by atomic mass is 19.4. The fraction of sp³-hybridized carbons (Fsp3) is 0.455. The molecule has 0 spiro atoms. The van der Waals surface area contributed by atoms with E-state index >= 15 is 0 Å². The molecular weight excluding hydrogens is 445 g/mol. The lowest BCUT2D eigenvalue weighted by atomic mass is 9.85. The molecule has 11 heteroatoms. The van der Waals surface area contributed by atoms with Gasteiger partial charge in [0.15, 0.2) is 11.5 Å². The quantitative estimate of drug-likeness (QED) is 0.578. The minimum absolute atomic E-state index is 0.126. The maximum Gasteiger partial charge on any atom is 0.522 e. The van der Waals surface area contributed by atoms with Gasteiger partial charge in [-0.1, -0.05) is 6.07 Å². The molecule has 2 saturated heterocycles. The molecule has 2 fully saturated rings. The van der Waals surface area contributed by atoms with E-state index in [1.165, 1.54) is 25.3 Å². The number of hydrogen-bond donors (Lipinski definition) is 0. The fourth-order valence-corrected chi connectivity index (χ4v) is 4.05. The lowest BCUT2D eigenvalue weighted by Crippen LogP contribution is -2.53. The molecule has 2 aliphatic heterocycles. The third kappa shape index (κ3) is 5.05. The van der Waals surface area contributed by atoms with Crippen LogP contribution in [0, 0.1) is 0 Å². The Hall–Kier alpha value is -2.89. The predicted octanol–water partition coefficient (Wildman–Crippen LogP) is 3.12. The van der Waals surface area contributed by atoms with Gasteiger partial charge in [0.2, 0.25) is 0 Å². The highest BCUT2D eigenvalue weighted by Gasteiger charge is 2.52. The molecular formula is C22H23F3N2O6. The van der Waals surface area contributed by atoms with Crippen molar-refractivity contribution < 1.29 is 41.7 Å². The number of rotatable bonds is 7. The van der Waals surface area contributed by atoms with Crippen LogP contribution in [0.5, 0.6) is 11.5 Å². The third-order valence-electron chi connectivity index (χ3n) is 5.65. The van der Waals surface area contributed by atoms with Gasteiger partial charge in [0.25, 0.3) is 5.91 Å². The van der Waals surface area contributed by atoms with E-state index in [1.807, 2.05) is 18.2 Å². The van der Waals surface area contributed by atoms with Gasteiger partial charge < -0.3 is 23.8 Å². The van der Waals surface area contributed by atoms with Crippen molar-refractivity contribution in [3.63, 3.8) is 0 Å². The minimum Gasteiger partial charge on any atom is -0.493 e. The monoisotopic (exact) mass is 468 g/mol. The Morgan fingerprint density at radius 1 is 1.24 bits per heavy atom. The number of carbonyl (C=O) groups excluding carboxylic acids is 1. The summed E-state index contributed by atoms with van der Waals surface area (Å²) in [6.07, 6.45) is -2.85. The minimum atomic E-state index is -4.72. The summed E-state index contributed by atoms with van der Waals surface area (Å²) < 4.78 is 62.2. The van der Waals surface area contributed by atoms with E-state index in [0.717, 1.165) is 5.69 Å². The Bertz CT molecular complexity index is 974. The molecule has 33 heavy (non-hydrogen) atoms. The smallest absolute Gasteiger partial charge is 0.493 e. The predicted molar refractivity (Wildman–Crippen MR) is 108 cm³/mol. The number of fused-ring (bicyclic) bond motifs is 1. The second kappa shape index (κ2) is 9.54. The van der Waals surface area contributed by atoms with Crippen molar-refractivity contribution >= 4 is 5.91 Å². The van der Waals surface area contributed by atoms with Crippen LogP contribution in [0.2, 0.25) is 0 Å². The maximum absolute atomic E-state index is 13.2. The number of benzene rings is 1. The highest BCUT2D eigenvalue weighted by Crippen LogP contribution is 2.42. The first-order chi connectivity index (χ1) is 15.8. The number of likely N-dealkylation sites (tertiary alicyclic amines) is 1. The number of methoxy groups -OCH3 is 1. The van der Waals surface area contributed by atoms with Crippen LogP contribution in [0.3, 0.4) is 0 Å². The molecule has 1 aromatic carbocycles. The van der Waals surface area contributed by atoms with E-state index in [9.17, 15) is 18.0 Å². The summed E-state index contributed by atoms with van der Waals surface area (Å²) in [5.74, 6) is 0.207. The standard InChI is InChI=1S/C22H23F3N2O6/c1-29-17-12-15(5-6-16(17)30-10-11-32-22(23,24)25)20(28)27-9-7-21(18-4-2-3-8-26-18)19(13-27)31-14-33-21/h2-6,8,12,19H,7,9-11,13-14H2,1H3/t19-,21-/m1/s1. The molecule has 0 unspecified atom stereocenters. The highest BCUT2D eigenvalue weighted by molar-refractivity contribution is 5.95. The van der Waals surface area contributed by atoms with Crippen LogP contribution in [0.25, 0.3) is 0 Å². The SMILES string of the molecule is COc1cc(C(=O)N2CC[C@]3(c4ccccn4)OCO[C@@H]3C2)ccc1OCCOC(F)(F)F. The van der Waals surface area contributed by atoms with Crippen LogP contribution >= 0.6 is 0 Å². The van der Waals surface area contributed by atoms with Gasteiger partial charge in [-0.05, 0) is 30.3 Å². The first-order valence-electron chi connectivity index (χ1n) is 10.3. The molecule has 1 aromatic heterocycles. The zero-order valence-electron chi connectivity index (χ0n) is 17.8. The second-order valence-corrected chi connectivity index (χ2v) is 7.53. The zero-order valence-corrected chi connectivity index (χ0v) is 17.8. The summed E-state index contributed by atoms with van der Waals surface area (Å²) in [7, 11) is 1.38. The van der Waals surface area contributed by atoms with Crippen LogP contribution in [-0.2, 0) is 19.8 Å². The summed E-state index contributed by atoms with van der Waals surface area (Å²) >= 11 is 0. The molecule has 0 radical (unpaired) electrons. The van der Waals surface area contributed by atoms with Gasteiger partial charge >= 0.3 is 6.36 Å². The molecule has 2 atom stereocenters. The van der Waals surface area contributed by atoms with E-state index in [4.69, 9.17) is 18.9 Å². The normalized spacial score (nSPS) is 22.7. The molecule has 4 rings (SSSR count). The molecule has 0 bridgehead atoms. The summed E-state index contributed by atoms with van der Waals surface area (Å²) in [6, 6.07) is 10.1. The van der Waals surface area contributed by atoms with Gasteiger partial charge in [-0.15, -0.1) is 13.2 Å². The van der Waals surface area contributed by atoms with E-state index in [0.29, 0.717) is 25.1 Å². The van der Waals surface area contributed by atoms with Crippen molar-refractivity contribution in [3.05, 3.63) is 53.9 Å². The first-order valence-corrected chi connectivity index (χ1v) is 10.3. The van der Waals surface area contributed by atoms with Gasteiger partial charge in [0, 0.05) is 24.7 Å². The van der Waals surface area contributed by atoms with Gasteiger partial charge in [0.1, 0.15) is 25.1 Å². The lowest BCUT2D eigenvalue weighted by molar-refractivity contribution is -0.325. The second-order valence-electron chi connectivity index (χ2n) is 7.53. The van der Waals surface area contributed by atoms with Gasteiger partial charge in [-0.25, -0.2) is 0 Å². The van der Waals surface area contributed by atoms with Gasteiger partial charge in [-0.2, -0.15) is 0 Å². The van der Waals surface area contributed by atoms with E-state index in [-0.39, 0.29) is 36.9 Å². The van der Waals surface area contributed by atoms with Crippen molar-refractivity contribution in [2.24, 2.45) is 0 Å². The van der Waals surface area contributed by atoms with Crippen molar-refractivity contribution in [2.45, 2.75) is 24.5 Å². The number of pyridine rings is 1. The van der Waals surface area contributed by atoms with E-state index < -0.39 is 18.6 Å². The van der Waals surface area contributed by atoms with E-state index in [1.54, 1.807) is 11.1 Å². The molecule has 8 nitrogen and oxygen atoms in total. The topological polar surface area (TPSA) is 79.4 Å². The Kier molecular flexibility index (Phi) is 6.73. The Balaban J connectivity index is 1.42. The number of alkyl halides is 3. The largest absolute Gasteiger partial charge is 0.522 e. The molecule has 3 heterocycles. The average molecular weight is 468 g/mol. The van der Waals surface area contributed by atoms with Crippen molar-refractivity contribution in [1.82, 2.24) is 9.88 Å². The molecule has 0 aliphatic carbocycles. The summed E-state index contributed by atoms with van der Waals surface area (Å²) in [4.78, 5) is 19.3. The van der Waals surface area contributed by atoms with Crippen LogP contribution in [-0.4, -0.2) is 68.5 Å². The molecule has 0 saturated carbocycles. The number of ether oxygens (including phenoxy) is 5. The summed E-state index contributed by atoms with van der Waals surface area (Å²) in [5.41, 5.74) is 0.443. The van der Waals surface area contributed by atoms with Gasteiger partial charge in [0.05, 0.1) is 26.0 Å². The Morgan fingerprint density at radius 3 is 2.82 bits per heavy atom. The third-order valence-corrected chi connectivity index (χ3v) is 5.65. The molecule has 178 valence electrons. The number of halogens is 3. The van der Waals surface area contributed by atoms with Crippen LogP contribution < -0.4 is 9.47 Å². The molecule has 2 aromatic rings. The number of carbonyl (C=O) groups is 1. The number of aromatic nitrogens is 1. The van der Waals surface area contributed by atoms with E-state index in [2.05, 4.69) is 9.72 Å². The zero-order chi connectivity index (χ0) is 23.5. The van der Waals surface area contributed by atoms with Crippen LogP contribution in [0.1, 0.15) is 22.5 Å². The summed E-state index contributed by atoms with van der Waals surface area (Å²) in [6.45, 7) is -0.108. The maximum atomic E-state index is 13.2. The number of piperidine rings is 1. The Labute approximate surface area is 188 Å². The van der Waals surface area contributed by atoms with Crippen LogP contribution in [0.4, 0.5) is 13.2 Å². The average Bonchev–Trinajstić information content (AvgIpc) is 3.26. The van der Waals surface area contributed by atoms with Crippen molar-refractivity contribution in [3.8, 4) is 11.5 Å². The van der Waals surface area contributed by atoms with Crippen molar-refractivity contribution in [1.29, 1.82) is 0 Å². The number of hydrogen-bond acceptors (Lipinski definition) is 7. The molecule has 0 N–H and O–H groups in total. The fourth-order valence-electron chi connectivity index (χ4n) is 4.05. The summed E-state index contributed by atoms with van der Waals surface area (Å²) in [5, 5.41) is 0. The van der Waals surface area contributed by atoms with Gasteiger partial charge in [-0.3, -0.25) is 14.5 Å². The number of amides is 1. The first kappa shape index (κ1) is 23.3. The molecule has 1 amide bonds.